The van der Waals surface area contributed by atoms with Crippen molar-refractivity contribution in [3.63, 3.8) is 0 Å². The average molecular weight is 414 g/mol. The zero-order valence-electron chi connectivity index (χ0n) is 17.5. The summed E-state index contributed by atoms with van der Waals surface area (Å²) in [6.45, 7) is 0.778. The molecule has 0 radical (unpaired) electrons. The summed E-state index contributed by atoms with van der Waals surface area (Å²) in [5.74, 6) is -6.06. The predicted octanol–water partition coefficient (Wildman–Crippen LogP) is 3.67. The minimum atomic E-state index is -4.68. The molecule has 3 N–H and O–H groups in total. The Morgan fingerprint density at radius 2 is 1.89 bits per heavy atom. The molecule has 0 amide bonds. The molecule has 0 unspecified atom stereocenters. The van der Waals surface area contributed by atoms with Crippen LogP contribution in [0.15, 0.2) is 5.83 Å². The number of aromatic nitrogens is 3. The summed E-state index contributed by atoms with van der Waals surface area (Å²) >= 11 is 0. The van der Waals surface area contributed by atoms with Gasteiger partial charge in [-0.2, -0.15) is 28.1 Å². The zero-order chi connectivity index (χ0) is 23.4. The molecule has 1 aromatic rings. The summed E-state index contributed by atoms with van der Waals surface area (Å²) in [6.07, 6.45) is -12.5. The number of rotatable bonds is 5. The Morgan fingerprint density at radius 1 is 1.25 bits per heavy atom. The van der Waals surface area contributed by atoms with Crippen LogP contribution in [0.25, 0.3) is 5.57 Å². The van der Waals surface area contributed by atoms with Gasteiger partial charge in [-0.3, -0.25) is 0 Å². The number of nitrogens with one attached hydrogen (secondary N) is 2. The van der Waals surface area contributed by atoms with Crippen LogP contribution in [-0.4, -0.2) is 50.3 Å². The smallest absolute Gasteiger partial charge is 0.386 e. The van der Waals surface area contributed by atoms with E-state index in [9.17, 15) is 31.4 Å². The van der Waals surface area contributed by atoms with E-state index in [-0.39, 0.29) is 6.42 Å². The van der Waals surface area contributed by atoms with Crippen molar-refractivity contribution in [1.29, 1.82) is 0 Å². The van der Waals surface area contributed by atoms with Gasteiger partial charge in [0.05, 0.1) is 1.37 Å². The summed E-state index contributed by atoms with van der Waals surface area (Å²) in [7, 11) is 0. The normalized spacial score (nSPS) is 29.9. The molecule has 12 heteroatoms. The fourth-order valence-electron chi connectivity index (χ4n) is 2.71. The van der Waals surface area contributed by atoms with E-state index < -0.39 is 85.0 Å². The van der Waals surface area contributed by atoms with Crippen molar-refractivity contribution < 1.29 is 35.6 Å². The van der Waals surface area contributed by atoms with Crippen LogP contribution >= 0.6 is 0 Å². The first-order valence-corrected chi connectivity index (χ1v) is 8.37. The van der Waals surface area contributed by atoms with Crippen molar-refractivity contribution in [2.24, 2.45) is 0 Å². The summed E-state index contributed by atoms with van der Waals surface area (Å²) in [6, 6.07) is -2.89. The van der Waals surface area contributed by atoms with Crippen molar-refractivity contribution in [2.45, 2.75) is 69.2 Å². The summed E-state index contributed by atoms with van der Waals surface area (Å²) in [5.41, 5.74) is -0.486. The van der Waals surface area contributed by atoms with Crippen LogP contribution in [0.5, 0.6) is 0 Å². The Hall–Kier alpha value is -2.11. The van der Waals surface area contributed by atoms with E-state index in [1.165, 1.54) is 0 Å². The van der Waals surface area contributed by atoms with Gasteiger partial charge in [0.25, 0.3) is 5.92 Å². The van der Waals surface area contributed by atoms with Crippen LogP contribution in [0, 0.1) is 0 Å². The van der Waals surface area contributed by atoms with Crippen LogP contribution in [0.2, 0.25) is 0 Å². The molecule has 1 fully saturated rings. The molecule has 6 nitrogen and oxygen atoms in total. The molecule has 1 heterocycles. The summed E-state index contributed by atoms with van der Waals surface area (Å²) in [5, 5.41) is 14.5. The standard InChI is InChI=1S/C16H19F6N5O/c1-7(16(20,21)22)23-13-25-12(9-3-2-4-10(28)11(9)17)26-14(27-13)24-8-5-15(18,19)6-8/h7-8,10,28H,2-6H2,1H3,(H2,23,24,25,26,27)/t7-,10+/m0/s1/i4D2,10D. The van der Waals surface area contributed by atoms with Crippen LogP contribution in [-0.2, 0) is 0 Å². The fourth-order valence-corrected chi connectivity index (χ4v) is 2.71. The minimum Gasteiger partial charge on any atom is -0.386 e. The maximum absolute atomic E-state index is 14.7. The fraction of sp³-hybridized carbons (Fsp3) is 0.688. The molecule has 3 rings (SSSR count). The number of aliphatic hydroxyl groups is 1. The van der Waals surface area contributed by atoms with Gasteiger partial charge < -0.3 is 15.7 Å². The molecule has 1 aromatic heterocycles. The second-order valence-electron chi connectivity index (χ2n) is 6.64. The van der Waals surface area contributed by atoms with E-state index >= 15 is 0 Å². The Kier molecular flexibility index (Phi) is 4.43. The second-order valence-corrected chi connectivity index (χ2v) is 6.64. The van der Waals surface area contributed by atoms with E-state index in [1.807, 2.05) is 5.32 Å². The third kappa shape index (κ3) is 4.65. The van der Waals surface area contributed by atoms with Gasteiger partial charge in [0.1, 0.15) is 17.9 Å². The first-order chi connectivity index (χ1) is 14.0. The van der Waals surface area contributed by atoms with Crippen molar-refractivity contribution in [3.8, 4) is 0 Å². The number of hydrogen-bond acceptors (Lipinski definition) is 6. The minimum absolute atomic E-state index is 0.362. The second kappa shape index (κ2) is 7.37. The highest BCUT2D eigenvalue weighted by atomic mass is 19.4. The lowest BCUT2D eigenvalue weighted by Crippen LogP contribution is -2.44. The van der Waals surface area contributed by atoms with Crippen LogP contribution in [0.1, 0.15) is 48.9 Å². The SMILES string of the molecule is [2H]C1([2H])CCC(c2nc(NC3CC(F)(F)C3)nc(N[C@@H](C)C(F)(F)F)n2)=C(F)[C@]1([2H])O. The van der Waals surface area contributed by atoms with Gasteiger partial charge in [0.2, 0.25) is 11.9 Å². The van der Waals surface area contributed by atoms with Crippen LogP contribution in [0.4, 0.5) is 38.2 Å². The Balaban J connectivity index is 1.99. The van der Waals surface area contributed by atoms with E-state index in [2.05, 4.69) is 20.3 Å². The topological polar surface area (TPSA) is 83.0 Å². The third-order valence-corrected chi connectivity index (χ3v) is 4.31. The zero-order valence-corrected chi connectivity index (χ0v) is 14.5. The number of allylic oxidation sites excluding steroid dienone is 1. The van der Waals surface area contributed by atoms with Gasteiger partial charge >= 0.3 is 6.18 Å². The molecule has 0 saturated heterocycles. The molecule has 0 aromatic carbocycles. The predicted molar refractivity (Wildman–Crippen MR) is 88.4 cm³/mol. The number of anilines is 2. The van der Waals surface area contributed by atoms with Gasteiger partial charge in [-0.15, -0.1) is 0 Å². The largest absolute Gasteiger partial charge is 0.408 e. The van der Waals surface area contributed by atoms with Crippen molar-refractivity contribution in [2.75, 3.05) is 10.6 Å². The maximum Gasteiger partial charge on any atom is 0.408 e. The van der Waals surface area contributed by atoms with Gasteiger partial charge in [-0.1, -0.05) is 0 Å². The number of nitrogens with zero attached hydrogens (tertiary/aromatic N) is 3. The maximum atomic E-state index is 14.7. The van der Waals surface area contributed by atoms with E-state index in [0.717, 1.165) is 6.92 Å². The molecule has 0 aliphatic heterocycles. The molecular formula is C16H19F6N5O. The molecule has 0 spiro atoms. The number of halogens is 6. The van der Waals surface area contributed by atoms with Gasteiger partial charge in [0, 0.05) is 27.2 Å². The third-order valence-electron chi connectivity index (χ3n) is 4.31. The number of hydrogen-bond donors (Lipinski definition) is 3. The first-order valence-electron chi connectivity index (χ1n) is 9.87. The summed E-state index contributed by atoms with van der Waals surface area (Å²) < 4.78 is 102. The molecule has 0 bridgehead atoms. The van der Waals surface area contributed by atoms with E-state index in [1.54, 1.807) is 0 Å². The highest BCUT2D eigenvalue weighted by Gasteiger charge is 2.45. The quantitative estimate of drug-likeness (QED) is 0.638. The molecular weight excluding hydrogens is 392 g/mol. The van der Waals surface area contributed by atoms with Gasteiger partial charge in [-0.25, -0.2) is 13.2 Å². The van der Waals surface area contributed by atoms with E-state index in [4.69, 9.17) is 4.11 Å². The molecule has 28 heavy (non-hydrogen) atoms. The lowest BCUT2D eigenvalue weighted by molar-refractivity contribution is -0.138. The monoisotopic (exact) mass is 414 g/mol. The van der Waals surface area contributed by atoms with Crippen molar-refractivity contribution in [3.05, 3.63) is 11.7 Å². The highest BCUT2D eigenvalue weighted by Crippen LogP contribution is 2.39. The van der Waals surface area contributed by atoms with Crippen LogP contribution in [0.3, 0.4) is 0 Å². The van der Waals surface area contributed by atoms with Crippen molar-refractivity contribution in [1.82, 2.24) is 15.0 Å². The number of alkyl halides is 5. The molecule has 1 saturated carbocycles. The van der Waals surface area contributed by atoms with Crippen LogP contribution < -0.4 is 10.6 Å². The lowest BCUT2D eigenvalue weighted by Gasteiger charge is -2.35. The average Bonchev–Trinajstić information content (AvgIpc) is 2.57. The molecule has 156 valence electrons. The van der Waals surface area contributed by atoms with Crippen molar-refractivity contribution >= 4 is 17.5 Å². The Morgan fingerprint density at radius 3 is 2.50 bits per heavy atom. The molecule has 2 atom stereocenters. The lowest BCUT2D eigenvalue weighted by atomic mass is 9.88. The summed E-state index contributed by atoms with van der Waals surface area (Å²) in [4.78, 5) is 11.3. The van der Waals surface area contributed by atoms with Gasteiger partial charge in [-0.05, 0) is 26.1 Å². The first kappa shape index (κ1) is 16.8. The van der Waals surface area contributed by atoms with E-state index in [0.29, 0.717) is 0 Å². The Labute approximate surface area is 160 Å². The van der Waals surface area contributed by atoms with Gasteiger partial charge in [0.15, 0.2) is 5.82 Å². The Bertz CT molecular complexity index is 887. The molecule has 2 aliphatic rings. The highest BCUT2D eigenvalue weighted by molar-refractivity contribution is 5.65. The molecule has 2 aliphatic carbocycles.